The quantitative estimate of drug-likeness (QED) is 0.901. The Kier molecular flexibility index (Phi) is 5.36. The molecular formula is C19H22ClN3O. The van der Waals surface area contributed by atoms with E-state index in [4.69, 9.17) is 11.6 Å². The van der Waals surface area contributed by atoms with Crippen LogP contribution in [-0.2, 0) is 6.54 Å². The molecule has 0 atom stereocenters. The molecule has 0 unspecified atom stereocenters. The van der Waals surface area contributed by atoms with Gasteiger partial charge >= 0.3 is 0 Å². The van der Waals surface area contributed by atoms with Crippen molar-refractivity contribution in [2.75, 3.05) is 18.4 Å². The summed E-state index contributed by atoms with van der Waals surface area (Å²) in [6.07, 6.45) is 4.96. The lowest BCUT2D eigenvalue weighted by atomic mass is 10.1. The van der Waals surface area contributed by atoms with Crippen molar-refractivity contribution in [2.24, 2.45) is 0 Å². The number of pyridine rings is 1. The number of anilines is 1. The summed E-state index contributed by atoms with van der Waals surface area (Å²) in [5, 5.41) is 3.70. The number of nitrogens with one attached hydrogen (secondary N) is 1. The Labute approximate surface area is 147 Å². The van der Waals surface area contributed by atoms with E-state index in [0.29, 0.717) is 22.9 Å². The highest BCUT2D eigenvalue weighted by Gasteiger charge is 2.19. The SMILES string of the molecule is Cc1ccc(CNc2ncc(C(=O)N3CCCCC3)cc2Cl)cc1. The molecule has 0 spiro atoms. The predicted molar refractivity (Wildman–Crippen MR) is 97.5 cm³/mol. The predicted octanol–water partition coefficient (Wildman–Crippen LogP) is 4.28. The van der Waals surface area contributed by atoms with Gasteiger partial charge in [-0.2, -0.15) is 0 Å². The largest absolute Gasteiger partial charge is 0.365 e. The molecule has 1 aromatic heterocycles. The molecule has 1 aliphatic heterocycles. The number of aryl methyl sites for hydroxylation is 1. The Balaban J connectivity index is 1.65. The van der Waals surface area contributed by atoms with Crippen molar-refractivity contribution < 1.29 is 4.79 Å². The maximum absolute atomic E-state index is 12.5. The maximum Gasteiger partial charge on any atom is 0.255 e. The van der Waals surface area contributed by atoms with Crippen LogP contribution in [0.4, 0.5) is 5.82 Å². The molecule has 0 aliphatic carbocycles. The van der Waals surface area contributed by atoms with Crippen LogP contribution >= 0.6 is 11.6 Å². The highest BCUT2D eigenvalue weighted by molar-refractivity contribution is 6.33. The Morgan fingerprint density at radius 2 is 1.92 bits per heavy atom. The molecule has 1 aromatic carbocycles. The zero-order chi connectivity index (χ0) is 16.9. The third-order valence-electron chi connectivity index (χ3n) is 4.31. The van der Waals surface area contributed by atoms with E-state index in [2.05, 4.69) is 41.5 Å². The smallest absolute Gasteiger partial charge is 0.255 e. The molecule has 2 aromatic rings. The summed E-state index contributed by atoms with van der Waals surface area (Å²) in [6.45, 7) is 4.36. The number of carbonyl (C=O) groups excluding carboxylic acids is 1. The molecular weight excluding hydrogens is 322 g/mol. The van der Waals surface area contributed by atoms with Gasteiger partial charge in [0.1, 0.15) is 5.82 Å². The van der Waals surface area contributed by atoms with E-state index in [0.717, 1.165) is 31.5 Å². The fraction of sp³-hybridized carbons (Fsp3) is 0.368. The number of benzene rings is 1. The lowest BCUT2D eigenvalue weighted by Crippen LogP contribution is -2.35. The van der Waals surface area contributed by atoms with E-state index >= 15 is 0 Å². The molecule has 2 heterocycles. The van der Waals surface area contributed by atoms with Gasteiger partial charge in [0.05, 0.1) is 10.6 Å². The molecule has 1 saturated heterocycles. The molecule has 1 N–H and O–H groups in total. The minimum atomic E-state index is 0.0224. The lowest BCUT2D eigenvalue weighted by Gasteiger charge is -2.26. The number of rotatable bonds is 4. The minimum Gasteiger partial charge on any atom is -0.365 e. The molecule has 1 fully saturated rings. The van der Waals surface area contributed by atoms with Crippen LogP contribution in [0.1, 0.15) is 40.7 Å². The summed E-state index contributed by atoms with van der Waals surface area (Å²) in [5.41, 5.74) is 2.95. The van der Waals surface area contributed by atoms with E-state index in [1.54, 1.807) is 12.3 Å². The summed E-state index contributed by atoms with van der Waals surface area (Å²) in [6, 6.07) is 10.0. The second kappa shape index (κ2) is 7.67. The molecule has 0 saturated carbocycles. The monoisotopic (exact) mass is 343 g/mol. The van der Waals surface area contributed by atoms with Gasteiger partial charge in [0, 0.05) is 25.8 Å². The number of carbonyl (C=O) groups is 1. The van der Waals surface area contributed by atoms with Gasteiger partial charge in [0.2, 0.25) is 0 Å². The van der Waals surface area contributed by atoms with E-state index < -0.39 is 0 Å². The second-order valence-electron chi connectivity index (χ2n) is 6.25. The van der Waals surface area contributed by atoms with E-state index in [-0.39, 0.29) is 5.91 Å². The van der Waals surface area contributed by atoms with E-state index in [1.165, 1.54) is 12.0 Å². The van der Waals surface area contributed by atoms with Gasteiger partial charge in [0.25, 0.3) is 5.91 Å². The fourth-order valence-electron chi connectivity index (χ4n) is 2.86. The summed E-state index contributed by atoms with van der Waals surface area (Å²) < 4.78 is 0. The first kappa shape index (κ1) is 16.8. The van der Waals surface area contributed by atoms with Gasteiger partial charge in [-0.05, 0) is 37.8 Å². The van der Waals surface area contributed by atoms with Crippen LogP contribution in [0.5, 0.6) is 0 Å². The van der Waals surface area contributed by atoms with Gasteiger partial charge in [-0.1, -0.05) is 41.4 Å². The number of halogens is 1. The number of hydrogen-bond donors (Lipinski definition) is 1. The normalized spacial score (nSPS) is 14.5. The standard InChI is InChI=1S/C19H22ClN3O/c1-14-5-7-15(8-6-14)12-21-18-17(20)11-16(13-22-18)19(24)23-9-3-2-4-10-23/h5-8,11,13H,2-4,9-10,12H2,1H3,(H,21,22). The molecule has 1 amide bonds. The van der Waals surface area contributed by atoms with Crippen LogP contribution in [0.3, 0.4) is 0 Å². The molecule has 0 bridgehead atoms. The zero-order valence-electron chi connectivity index (χ0n) is 13.9. The summed E-state index contributed by atoms with van der Waals surface area (Å²) in [5.74, 6) is 0.627. The summed E-state index contributed by atoms with van der Waals surface area (Å²) in [7, 11) is 0. The van der Waals surface area contributed by atoms with Gasteiger partial charge in [0.15, 0.2) is 0 Å². The number of aromatic nitrogens is 1. The Bertz CT molecular complexity index is 709. The first-order chi connectivity index (χ1) is 11.6. The third-order valence-corrected chi connectivity index (χ3v) is 4.60. The molecule has 24 heavy (non-hydrogen) atoms. The van der Waals surface area contributed by atoms with E-state index in [1.807, 2.05) is 4.90 Å². The second-order valence-corrected chi connectivity index (χ2v) is 6.65. The number of hydrogen-bond acceptors (Lipinski definition) is 3. The highest BCUT2D eigenvalue weighted by Crippen LogP contribution is 2.22. The average Bonchev–Trinajstić information content (AvgIpc) is 2.62. The number of likely N-dealkylation sites (tertiary alicyclic amines) is 1. The first-order valence-corrected chi connectivity index (χ1v) is 8.75. The number of amides is 1. The Morgan fingerprint density at radius 1 is 1.21 bits per heavy atom. The van der Waals surface area contributed by atoms with Gasteiger partial charge in [-0.15, -0.1) is 0 Å². The van der Waals surface area contributed by atoms with Crippen molar-refractivity contribution in [3.8, 4) is 0 Å². The van der Waals surface area contributed by atoms with Crippen LogP contribution in [0.15, 0.2) is 36.5 Å². The minimum absolute atomic E-state index is 0.0224. The summed E-state index contributed by atoms with van der Waals surface area (Å²) >= 11 is 6.31. The highest BCUT2D eigenvalue weighted by atomic mass is 35.5. The van der Waals surface area contributed by atoms with Crippen LogP contribution in [0.25, 0.3) is 0 Å². The zero-order valence-corrected chi connectivity index (χ0v) is 14.6. The van der Waals surface area contributed by atoms with Gasteiger partial charge in [-0.25, -0.2) is 4.98 Å². The van der Waals surface area contributed by atoms with Crippen LogP contribution in [0, 0.1) is 6.92 Å². The van der Waals surface area contributed by atoms with Crippen molar-refractivity contribution in [3.05, 3.63) is 58.2 Å². The average molecular weight is 344 g/mol. The molecule has 126 valence electrons. The van der Waals surface area contributed by atoms with E-state index in [9.17, 15) is 4.79 Å². The number of nitrogens with zero attached hydrogens (tertiary/aromatic N) is 2. The molecule has 3 rings (SSSR count). The number of piperidine rings is 1. The fourth-order valence-corrected chi connectivity index (χ4v) is 3.09. The van der Waals surface area contributed by atoms with Crippen molar-refractivity contribution >= 4 is 23.3 Å². The third kappa shape index (κ3) is 4.06. The Hall–Kier alpha value is -2.07. The topological polar surface area (TPSA) is 45.2 Å². The maximum atomic E-state index is 12.5. The van der Waals surface area contributed by atoms with Crippen molar-refractivity contribution in [2.45, 2.75) is 32.7 Å². The van der Waals surface area contributed by atoms with Crippen LogP contribution in [0.2, 0.25) is 5.02 Å². The van der Waals surface area contributed by atoms with Crippen LogP contribution < -0.4 is 5.32 Å². The summed E-state index contributed by atoms with van der Waals surface area (Å²) in [4.78, 5) is 18.7. The van der Waals surface area contributed by atoms with Gasteiger partial charge < -0.3 is 10.2 Å². The Morgan fingerprint density at radius 3 is 2.58 bits per heavy atom. The van der Waals surface area contributed by atoms with Crippen molar-refractivity contribution in [1.82, 2.24) is 9.88 Å². The van der Waals surface area contributed by atoms with Crippen molar-refractivity contribution in [1.29, 1.82) is 0 Å². The van der Waals surface area contributed by atoms with Crippen molar-refractivity contribution in [3.63, 3.8) is 0 Å². The molecule has 1 aliphatic rings. The molecule has 0 radical (unpaired) electrons. The lowest BCUT2D eigenvalue weighted by molar-refractivity contribution is 0.0724. The first-order valence-electron chi connectivity index (χ1n) is 8.38. The van der Waals surface area contributed by atoms with Gasteiger partial charge in [-0.3, -0.25) is 4.79 Å². The molecule has 5 heteroatoms. The van der Waals surface area contributed by atoms with Crippen LogP contribution in [-0.4, -0.2) is 28.9 Å². The molecule has 4 nitrogen and oxygen atoms in total.